The van der Waals surface area contributed by atoms with Gasteiger partial charge in [0.05, 0.1) is 17.0 Å². The number of nitriles is 1. The minimum atomic E-state index is -0.487. The molecule has 4 nitrogen and oxygen atoms in total. The van der Waals surface area contributed by atoms with Crippen LogP contribution in [-0.2, 0) is 10.8 Å². The first-order chi connectivity index (χ1) is 14.0. The molecule has 0 fully saturated rings. The molecule has 0 N–H and O–H groups in total. The molecule has 0 amide bonds. The number of hydrogen-bond acceptors (Lipinski definition) is 4. The highest BCUT2D eigenvalue weighted by atomic mass is 19.1. The highest BCUT2D eigenvalue weighted by Crippen LogP contribution is 2.33. The van der Waals surface area contributed by atoms with Crippen molar-refractivity contribution >= 4 is 0 Å². The monoisotopic (exact) mass is 403 g/mol. The van der Waals surface area contributed by atoms with Crippen molar-refractivity contribution < 1.29 is 9.13 Å². The van der Waals surface area contributed by atoms with Gasteiger partial charge in [0.2, 0.25) is 5.88 Å². The molecule has 2 aromatic heterocycles. The molecule has 0 aliphatic rings. The molecular formula is C25H26FN3O. The lowest BCUT2D eigenvalue weighted by molar-refractivity contribution is 0.456. The summed E-state index contributed by atoms with van der Waals surface area (Å²) in [6.45, 7) is 12.8. The van der Waals surface area contributed by atoms with Gasteiger partial charge in [-0.15, -0.1) is 0 Å². The second-order valence-electron chi connectivity index (χ2n) is 9.36. The lowest BCUT2D eigenvalue weighted by Gasteiger charge is -2.22. The number of pyridine rings is 2. The fraction of sp³-hybridized carbons (Fsp3) is 0.320. The van der Waals surface area contributed by atoms with Crippen molar-refractivity contribution in [2.24, 2.45) is 0 Å². The third-order valence-electron chi connectivity index (χ3n) is 4.83. The molecule has 0 saturated heterocycles. The van der Waals surface area contributed by atoms with Crippen molar-refractivity contribution in [1.29, 1.82) is 5.26 Å². The van der Waals surface area contributed by atoms with Crippen molar-refractivity contribution in [3.63, 3.8) is 0 Å². The molecule has 0 radical (unpaired) electrons. The normalized spacial score (nSPS) is 11.8. The van der Waals surface area contributed by atoms with E-state index in [-0.39, 0.29) is 22.1 Å². The highest BCUT2D eigenvalue weighted by molar-refractivity contribution is 5.58. The number of ether oxygens (including phenoxy) is 1. The summed E-state index contributed by atoms with van der Waals surface area (Å²) in [4.78, 5) is 9.17. The van der Waals surface area contributed by atoms with Crippen LogP contribution in [0.15, 0.2) is 48.7 Å². The third-order valence-corrected chi connectivity index (χ3v) is 4.83. The van der Waals surface area contributed by atoms with Crippen LogP contribution < -0.4 is 4.74 Å². The van der Waals surface area contributed by atoms with Crippen LogP contribution in [0.2, 0.25) is 0 Å². The number of aromatic nitrogens is 2. The fourth-order valence-corrected chi connectivity index (χ4v) is 2.95. The van der Waals surface area contributed by atoms with E-state index >= 15 is 0 Å². The Hall–Kier alpha value is -3.26. The molecule has 3 aromatic rings. The van der Waals surface area contributed by atoms with E-state index in [0.29, 0.717) is 11.6 Å². The van der Waals surface area contributed by atoms with E-state index in [1.165, 1.54) is 12.1 Å². The Bertz CT molecular complexity index is 1120. The smallest absolute Gasteiger partial charge is 0.220 e. The van der Waals surface area contributed by atoms with Crippen LogP contribution in [0.4, 0.5) is 4.39 Å². The van der Waals surface area contributed by atoms with Crippen LogP contribution in [0.3, 0.4) is 0 Å². The largest absolute Gasteiger partial charge is 0.438 e. The van der Waals surface area contributed by atoms with Gasteiger partial charge >= 0.3 is 0 Å². The summed E-state index contributed by atoms with van der Waals surface area (Å²) in [5.74, 6) is 0.113. The summed E-state index contributed by atoms with van der Waals surface area (Å²) in [7, 11) is 0. The maximum Gasteiger partial charge on any atom is 0.220 e. The first-order valence-electron chi connectivity index (χ1n) is 9.84. The van der Waals surface area contributed by atoms with Gasteiger partial charge in [0.1, 0.15) is 17.6 Å². The van der Waals surface area contributed by atoms with Gasteiger partial charge in [0, 0.05) is 12.3 Å². The third kappa shape index (κ3) is 4.83. The van der Waals surface area contributed by atoms with Crippen molar-refractivity contribution in [3.05, 3.63) is 71.2 Å². The molecule has 0 aliphatic carbocycles. The van der Waals surface area contributed by atoms with Gasteiger partial charge in [-0.1, -0.05) is 41.5 Å². The molecule has 0 saturated carbocycles. The first kappa shape index (κ1) is 21.4. The predicted molar refractivity (Wildman–Crippen MR) is 116 cm³/mol. The minimum Gasteiger partial charge on any atom is -0.438 e. The van der Waals surface area contributed by atoms with E-state index in [1.807, 2.05) is 30.3 Å². The molecule has 0 spiro atoms. The van der Waals surface area contributed by atoms with Gasteiger partial charge in [-0.2, -0.15) is 5.26 Å². The summed E-state index contributed by atoms with van der Waals surface area (Å²) >= 11 is 0. The topological polar surface area (TPSA) is 58.8 Å². The molecule has 1 aromatic carbocycles. The average molecular weight is 404 g/mol. The van der Waals surface area contributed by atoms with E-state index in [4.69, 9.17) is 4.74 Å². The van der Waals surface area contributed by atoms with Crippen LogP contribution in [0, 0.1) is 17.1 Å². The minimum absolute atomic E-state index is 0.0194. The van der Waals surface area contributed by atoms with Crippen LogP contribution >= 0.6 is 0 Å². The SMILES string of the molecule is CC(C)(C)c1ccnc(-c2cc(C(C)(C)C)cc(Oc3ccc(F)cc3C#N)n2)c1. The van der Waals surface area contributed by atoms with Crippen molar-refractivity contribution in [3.8, 4) is 29.1 Å². The number of rotatable bonds is 3. The van der Waals surface area contributed by atoms with E-state index in [1.54, 1.807) is 6.20 Å². The quantitative estimate of drug-likeness (QED) is 0.498. The Labute approximate surface area is 177 Å². The summed E-state index contributed by atoms with van der Waals surface area (Å²) < 4.78 is 19.4. The van der Waals surface area contributed by atoms with Gasteiger partial charge in [0.15, 0.2) is 0 Å². The Kier molecular flexibility index (Phi) is 5.63. The van der Waals surface area contributed by atoms with E-state index < -0.39 is 5.82 Å². The van der Waals surface area contributed by atoms with E-state index in [9.17, 15) is 9.65 Å². The molecular weight excluding hydrogens is 377 g/mol. The Morgan fingerprint density at radius 1 is 0.867 bits per heavy atom. The van der Waals surface area contributed by atoms with Crippen LogP contribution in [0.5, 0.6) is 11.6 Å². The molecule has 154 valence electrons. The van der Waals surface area contributed by atoms with Gasteiger partial charge in [-0.3, -0.25) is 4.98 Å². The zero-order valence-electron chi connectivity index (χ0n) is 18.2. The molecule has 0 atom stereocenters. The van der Waals surface area contributed by atoms with Gasteiger partial charge in [-0.05, 0) is 58.4 Å². The molecule has 0 aliphatic heterocycles. The first-order valence-corrected chi connectivity index (χ1v) is 9.84. The number of halogens is 1. The summed E-state index contributed by atoms with van der Waals surface area (Å²) in [6, 6.07) is 13.7. The van der Waals surface area contributed by atoms with E-state index in [2.05, 4.69) is 51.5 Å². The maximum atomic E-state index is 13.5. The van der Waals surface area contributed by atoms with Gasteiger partial charge in [0.25, 0.3) is 0 Å². The lowest BCUT2D eigenvalue weighted by atomic mass is 9.86. The van der Waals surface area contributed by atoms with Crippen LogP contribution in [-0.4, -0.2) is 9.97 Å². The standard InChI is InChI=1S/C25H26FN3O/c1-24(2,3)17-9-10-28-20(12-17)21-13-18(25(4,5)6)14-23(29-21)30-22-8-7-19(26)11-16(22)15-27/h7-14H,1-6H3. The van der Waals surface area contributed by atoms with Crippen molar-refractivity contribution in [1.82, 2.24) is 9.97 Å². The number of hydrogen-bond donors (Lipinski definition) is 0. The molecule has 0 unspecified atom stereocenters. The van der Waals surface area contributed by atoms with E-state index in [0.717, 1.165) is 22.9 Å². The second kappa shape index (κ2) is 7.87. The maximum absolute atomic E-state index is 13.5. The fourth-order valence-electron chi connectivity index (χ4n) is 2.95. The highest BCUT2D eigenvalue weighted by Gasteiger charge is 2.20. The lowest BCUT2D eigenvalue weighted by Crippen LogP contribution is -2.13. The Morgan fingerprint density at radius 3 is 2.17 bits per heavy atom. The average Bonchev–Trinajstić information content (AvgIpc) is 2.68. The number of benzene rings is 1. The summed E-state index contributed by atoms with van der Waals surface area (Å²) in [6.07, 6.45) is 1.79. The summed E-state index contributed by atoms with van der Waals surface area (Å²) in [5.41, 5.74) is 3.55. The Balaban J connectivity index is 2.12. The van der Waals surface area contributed by atoms with Crippen molar-refractivity contribution in [2.75, 3.05) is 0 Å². The van der Waals surface area contributed by atoms with Crippen molar-refractivity contribution in [2.45, 2.75) is 52.4 Å². The molecule has 3 rings (SSSR count). The zero-order valence-corrected chi connectivity index (χ0v) is 18.2. The molecule has 30 heavy (non-hydrogen) atoms. The van der Waals surface area contributed by atoms with Gasteiger partial charge in [-0.25, -0.2) is 9.37 Å². The van der Waals surface area contributed by atoms with Crippen LogP contribution in [0.1, 0.15) is 58.2 Å². The second-order valence-corrected chi connectivity index (χ2v) is 9.36. The molecule has 2 heterocycles. The molecule has 0 bridgehead atoms. The Morgan fingerprint density at radius 2 is 1.53 bits per heavy atom. The molecule has 5 heteroatoms. The summed E-state index contributed by atoms with van der Waals surface area (Å²) in [5, 5.41) is 9.32. The van der Waals surface area contributed by atoms with Crippen LogP contribution in [0.25, 0.3) is 11.4 Å². The zero-order chi connectivity index (χ0) is 22.1. The van der Waals surface area contributed by atoms with Gasteiger partial charge < -0.3 is 4.74 Å². The predicted octanol–water partition coefficient (Wildman–Crippen LogP) is 6.54. The number of nitrogens with zero attached hydrogens (tertiary/aromatic N) is 3.